The van der Waals surface area contributed by atoms with E-state index in [1.54, 1.807) is 0 Å². The molecule has 2 fully saturated rings. The SMILES string of the molecule is CCCCCC[C@@H]1C[C@@H]1CCCCCCCC(=O)OCC1COP([O-])C1. The maximum absolute atomic E-state index is 11.7. The van der Waals surface area contributed by atoms with Crippen LogP contribution in [0.1, 0.15) is 90.4 Å². The van der Waals surface area contributed by atoms with Crippen LogP contribution in [-0.4, -0.2) is 25.3 Å². The van der Waals surface area contributed by atoms with Crippen LogP contribution in [0.25, 0.3) is 0 Å². The van der Waals surface area contributed by atoms with Gasteiger partial charge in [-0.25, -0.2) is 0 Å². The molecule has 2 aliphatic rings. The minimum Gasteiger partial charge on any atom is -0.808 e. The second kappa shape index (κ2) is 13.1. The molecule has 152 valence electrons. The summed E-state index contributed by atoms with van der Waals surface area (Å²) in [6.45, 7) is 3.10. The Hall–Kier alpha value is -0.180. The molecular formula is C21H38O4P-. The van der Waals surface area contributed by atoms with E-state index in [0.29, 0.717) is 25.8 Å². The van der Waals surface area contributed by atoms with Gasteiger partial charge in [0.15, 0.2) is 0 Å². The van der Waals surface area contributed by atoms with E-state index >= 15 is 0 Å². The monoisotopic (exact) mass is 385 g/mol. The molecule has 0 amide bonds. The smallest absolute Gasteiger partial charge is 0.305 e. The fourth-order valence-electron chi connectivity index (χ4n) is 3.95. The van der Waals surface area contributed by atoms with Crippen molar-refractivity contribution >= 4 is 14.3 Å². The molecule has 4 nitrogen and oxygen atoms in total. The summed E-state index contributed by atoms with van der Waals surface area (Å²) in [6, 6.07) is 0. The van der Waals surface area contributed by atoms with E-state index in [2.05, 4.69) is 6.92 Å². The standard InChI is InChI=1S/C21H38O4P/c1-2-3-4-8-11-19-14-20(19)12-9-6-5-7-10-13-21(22)24-15-18-16-25-26(23)17-18/h18-20H,2-17H2,1H3/q-1/t18?,19-,20+,26?/m1/s1. The molecule has 0 aromatic heterocycles. The summed E-state index contributed by atoms with van der Waals surface area (Å²) in [6.07, 6.45) is 17.0. The van der Waals surface area contributed by atoms with Crippen LogP contribution in [0.3, 0.4) is 0 Å². The second-order valence-electron chi connectivity index (χ2n) is 8.27. The molecule has 4 atom stereocenters. The van der Waals surface area contributed by atoms with Gasteiger partial charge in [0.1, 0.15) is 0 Å². The van der Waals surface area contributed by atoms with Crippen LogP contribution in [0.5, 0.6) is 0 Å². The van der Waals surface area contributed by atoms with Gasteiger partial charge in [-0.05, 0) is 30.8 Å². The van der Waals surface area contributed by atoms with Crippen molar-refractivity contribution in [2.75, 3.05) is 19.4 Å². The first-order valence-corrected chi connectivity index (χ1v) is 12.3. The Morgan fingerprint density at radius 3 is 2.35 bits per heavy atom. The summed E-state index contributed by atoms with van der Waals surface area (Å²) in [5.41, 5.74) is 0. The summed E-state index contributed by atoms with van der Waals surface area (Å²) in [5.74, 6) is 2.09. The number of rotatable bonds is 15. The quantitative estimate of drug-likeness (QED) is 0.221. The molecule has 2 unspecified atom stereocenters. The number of esters is 1. The Kier molecular flexibility index (Phi) is 11.1. The van der Waals surface area contributed by atoms with Gasteiger partial charge < -0.3 is 14.2 Å². The molecular weight excluding hydrogens is 347 g/mol. The highest BCUT2D eigenvalue weighted by atomic mass is 31.2. The summed E-state index contributed by atoms with van der Waals surface area (Å²) in [7, 11) is -1.50. The number of carbonyl (C=O) groups is 1. The normalized spacial score (nSPS) is 27.6. The maximum atomic E-state index is 11.7. The predicted octanol–water partition coefficient (Wildman–Crippen LogP) is 5.19. The average molecular weight is 386 g/mol. The van der Waals surface area contributed by atoms with Gasteiger partial charge in [-0.15, -0.1) is 0 Å². The fraction of sp³-hybridized carbons (Fsp3) is 0.952. The van der Waals surface area contributed by atoms with Crippen LogP contribution >= 0.6 is 8.38 Å². The highest BCUT2D eigenvalue weighted by molar-refractivity contribution is 7.44. The molecule has 1 saturated heterocycles. The summed E-state index contributed by atoms with van der Waals surface area (Å²) in [5, 5.41) is 0. The average Bonchev–Trinajstić information content (AvgIpc) is 3.25. The lowest BCUT2D eigenvalue weighted by Crippen LogP contribution is -2.16. The highest BCUT2D eigenvalue weighted by Gasteiger charge is 2.34. The molecule has 26 heavy (non-hydrogen) atoms. The van der Waals surface area contributed by atoms with E-state index in [9.17, 15) is 9.69 Å². The minimum absolute atomic E-state index is 0.115. The van der Waals surface area contributed by atoms with Crippen molar-refractivity contribution in [2.24, 2.45) is 17.8 Å². The number of unbranched alkanes of at least 4 members (excludes halogenated alkanes) is 7. The fourth-order valence-corrected chi connectivity index (χ4v) is 5.06. The summed E-state index contributed by atoms with van der Waals surface area (Å²) in [4.78, 5) is 22.8. The van der Waals surface area contributed by atoms with E-state index in [1.807, 2.05) is 0 Å². The minimum atomic E-state index is -1.50. The zero-order valence-electron chi connectivity index (χ0n) is 16.6. The first kappa shape index (κ1) is 22.1. The van der Waals surface area contributed by atoms with Crippen LogP contribution in [0.4, 0.5) is 0 Å². The van der Waals surface area contributed by atoms with Gasteiger partial charge in [0.05, 0.1) is 13.2 Å². The van der Waals surface area contributed by atoms with Gasteiger partial charge in [0.25, 0.3) is 0 Å². The Balaban J connectivity index is 1.32. The van der Waals surface area contributed by atoms with Crippen LogP contribution in [0.15, 0.2) is 0 Å². The van der Waals surface area contributed by atoms with Gasteiger partial charge in [0, 0.05) is 12.3 Å². The largest absolute Gasteiger partial charge is 0.808 e. The lowest BCUT2D eigenvalue weighted by molar-refractivity contribution is -0.176. The molecule has 1 aliphatic carbocycles. The molecule has 1 heterocycles. The van der Waals surface area contributed by atoms with Crippen molar-refractivity contribution in [3.63, 3.8) is 0 Å². The van der Waals surface area contributed by atoms with E-state index in [0.717, 1.165) is 24.7 Å². The number of carbonyl (C=O) groups excluding carboxylic acids is 1. The van der Waals surface area contributed by atoms with Crippen LogP contribution < -0.4 is 4.89 Å². The van der Waals surface area contributed by atoms with E-state index in [4.69, 9.17) is 9.26 Å². The molecule has 1 aliphatic heterocycles. The third kappa shape index (κ3) is 9.67. The molecule has 0 bridgehead atoms. The van der Waals surface area contributed by atoms with E-state index in [1.165, 1.54) is 64.2 Å². The first-order chi connectivity index (χ1) is 12.7. The summed E-state index contributed by atoms with van der Waals surface area (Å²) >= 11 is 0. The van der Waals surface area contributed by atoms with Gasteiger partial charge >= 0.3 is 5.97 Å². The number of hydrogen-bond acceptors (Lipinski definition) is 4. The topological polar surface area (TPSA) is 58.6 Å². The zero-order valence-corrected chi connectivity index (χ0v) is 17.5. The molecule has 0 spiro atoms. The van der Waals surface area contributed by atoms with Gasteiger partial charge in [-0.1, -0.05) is 79.5 Å². The van der Waals surface area contributed by atoms with Gasteiger partial charge in [-0.3, -0.25) is 4.79 Å². The van der Waals surface area contributed by atoms with Crippen molar-refractivity contribution in [1.29, 1.82) is 0 Å². The van der Waals surface area contributed by atoms with E-state index in [-0.39, 0.29) is 11.9 Å². The van der Waals surface area contributed by atoms with Crippen molar-refractivity contribution in [1.82, 2.24) is 0 Å². The Morgan fingerprint density at radius 2 is 1.69 bits per heavy atom. The molecule has 0 aromatic rings. The van der Waals surface area contributed by atoms with Crippen LogP contribution in [0, 0.1) is 17.8 Å². The van der Waals surface area contributed by atoms with Crippen molar-refractivity contribution in [2.45, 2.75) is 90.4 Å². The van der Waals surface area contributed by atoms with Crippen molar-refractivity contribution < 1.29 is 18.9 Å². The second-order valence-corrected chi connectivity index (χ2v) is 9.56. The van der Waals surface area contributed by atoms with E-state index < -0.39 is 8.38 Å². The molecule has 0 aromatic carbocycles. The summed E-state index contributed by atoms with van der Waals surface area (Å²) < 4.78 is 10.3. The molecule has 0 radical (unpaired) electrons. The van der Waals surface area contributed by atoms with Crippen LogP contribution in [0.2, 0.25) is 0 Å². The predicted molar refractivity (Wildman–Crippen MR) is 105 cm³/mol. The number of hydrogen-bond donors (Lipinski definition) is 0. The van der Waals surface area contributed by atoms with Crippen molar-refractivity contribution in [3.05, 3.63) is 0 Å². The Bertz CT molecular complexity index is 390. The van der Waals surface area contributed by atoms with Gasteiger partial charge in [-0.2, -0.15) is 0 Å². The zero-order chi connectivity index (χ0) is 18.6. The Morgan fingerprint density at radius 1 is 1.04 bits per heavy atom. The lowest BCUT2D eigenvalue weighted by atomic mass is 10.0. The molecule has 1 saturated carbocycles. The number of ether oxygens (including phenoxy) is 1. The lowest BCUT2D eigenvalue weighted by Gasteiger charge is -2.13. The third-order valence-electron chi connectivity index (χ3n) is 5.79. The van der Waals surface area contributed by atoms with Crippen molar-refractivity contribution in [3.8, 4) is 0 Å². The molecule has 2 rings (SSSR count). The molecule has 5 heteroatoms. The van der Waals surface area contributed by atoms with Crippen LogP contribution in [-0.2, 0) is 14.1 Å². The van der Waals surface area contributed by atoms with Gasteiger partial charge in [0.2, 0.25) is 0 Å². The first-order valence-electron chi connectivity index (χ1n) is 10.9. The highest BCUT2D eigenvalue weighted by Crippen LogP contribution is 2.45. The maximum Gasteiger partial charge on any atom is 0.305 e. The molecule has 0 N–H and O–H groups in total. The Labute approximate surface area is 161 Å². The third-order valence-corrected chi connectivity index (χ3v) is 7.05.